The van der Waals surface area contributed by atoms with E-state index in [0.29, 0.717) is 12.2 Å². The van der Waals surface area contributed by atoms with Crippen molar-refractivity contribution in [2.75, 3.05) is 0 Å². The highest BCUT2D eigenvalue weighted by molar-refractivity contribution is 6.01. The van der Waals surface area contributed by atoms with E-state index < -0.39 is 5.41 Å². The molecule has 0 aliphatic heterocycles. The van der Waals surface area contributed by atoms with Crippen LogP contribution in [0, 0.1) is 22.2 Å². The molecule has 0 aromatic rings. The van der Waals surface area contributed by atoms with Gasteiger partial charge in [0.25, 0.3) is 0 Å². The summed E-state index contributed by atoms with van der Waals surface area (Å²) in [5.41, 5.74) is 1.45. The molecule has 0 aromatic carbocycles. The van der Waals surface area contributed by atoms with Gasteiger partial charge < -0.3 is 0 Å². The number of allylic oxidation sites excluding steroid dienone is 2. The first-order valence-electron chi connectivity index (χ1n) is 8.47. The molecular formula is C20H34O2. The standard InChI is InChI=1S/C20H34O2/c1-18(2,3)15-11-10-13(16(21)19(4,5)6)12-14(15)17(22)20(7,8)9/h13H,10-12H2,1-9H3. The Kier molecular flexibility index (Phi) is 5.16. The molecule has 0 N–H and O–H groups in total. The van der Waals surface area contributed by atoms with E-state index in [1.807, 2.05) is 41.5 Å². The number of carbonyl (C=O) groups excluding carboxylic acids is 2. The molecule has 1 aliphatic rings. The van der Waals surface area contributed by atoms with E-state index in [2.05, 4.69) is 20.8 Å². The lowest BCUT2D eigenvalue weighted by Gasteiger charge is -2.36. The number of rotatable bonds is 2. The lowest BCUT2D eigenvalue weighted by molar-refractivity contribution is -0.131. The Labute approximate surface area is 136 Å². The third kappa shape index (κ3) is 4.30. The van der Waals surface area contributed by atoms with Gasteiger partial charge in [0, 0.05) is 16.7 Å². The minimum Gasteiger partial charge on any atom is -0.299 e. The van der Waals surface area contributed by atoms with E-state index in [-0.39, 0.29) is 22.5 Å². The normalized spacial score (nSPS) is 21.0. The monoisotopic (exact) mass is 306 g/mol. The van der Waals surface area contributed by atoms with Gasteiger partial charge in [-0.05, 0) is 30.3 Å². The molecule has 0 spiro atoms. The third-order valence-electron chi connectivity index (χ3n) is 4.53. The largest absolute Gasteiger partial charge is 0.299 e. The van der Waals surface area contributed by atoms with Gasteiger partial charge in [-0.3, -0.25) is 9.59 Å². The molecule has 0 heterocycles. The predicted molar refractivity (Wildman–Crippen MR) is 92.7 cm³/mol. The van der Waals surface area contributed by atoms with Crippen LogP contribution in [0.4, 0.5) is 0 Å². The molecular weight excluding hydrogens is 272 g/mol. The lowest BCUT2D eigenvalue weighted by atomic mass is 9.67. The van der Waals surface area contributed by atoms with Gasteiger partial charge in [0.05, 0.1) is 0 Å². The smallest absolute Gasteiger partial charge is 0.164 e. The van der Waals surface area contributed by atoms with E-state index in [0.717, 1.165) is 18.4 Å². The average molecular weight is 306 g/mol. The Morgan fingerprint density at radius 2 is 1.36 bits per heavy atom. The Morgan fingerprint density at radius 1 is 0.864 bits per heavy atom. The van der Waals surface area contributed by atoms with Crippen molar-refractivity contribution in [3.05, 3.63) is 11.1 Å². The SMILES string of the molecule is CC(C)(C)C(=O)C1=C(C(C)(C)C)CCC(C(=O)C(C)(C)C)C1. The van der Waals surface area contributed by atoms with Crippen LogP contribution in [0.2, 0.25) is 0 Å². The second-order valence-electron chi connectivity index (χ2n) is 9.84. The van der Waals surface area contributed by atoms with Gasteiger partial charge >= 0.3 is 0 Å². The van der Waals surface area contributed by atoms with Gasteiger partial charge in [-0.1, -0.05) is 67.9 Å². The molecule has 1 unspecified atom stereocenters. The Hall–Kier alpha value is -0.920. The second kappa shape index (κ2) is 5.94. The highest BCUT2D eigenvalue weighted by atomic mass is 16.1. The van der Waals surface area contributed by atoms with Gasteiger partial charge in [0.15, 0.2) is 5.78 Å². The number of ketones is 2. The first-order chi connectivity index (χ1) is 9.65. The van der Waals surface area contributed by atoms with Crippen LogP contribution in [0.3, 0.4) is 0 Å². The Bertz CT molecular complexity index is 487. The van der Waals surface area contributed by atoms with Crippen molar-refractivity contribution in [1.29, 1.82) is 0 Å². The summed E-state index contributed by atoms with van der Waals surface area (Å²) >= 11 is 0. The van der Waals surface area contributed by atoms with Crippen molar-refractivity contribution in [2.24, 2.45) is 22.2 Å². The zero-order chi connectivity index (χ0) is 17.5. The molecule has 0 saturated carbocycles. The molecule has 0 fully saturated rings. The third-order valence-corrected chi connectivity index (χ3v) is 4.53. The van der Waals surface area contributed by atoms with E-state index in [1.54, 1.807) is 0 Å². The zero-order valence-electron chi connectivity index (χ0n) is 16.0. The van der Waals surface area contributed by atoms with Crippen molar-refractivity contribution in [3.8, 4) is 0 Å². The highest BCUT2D eigenvalue weighted by Gasteiger charge is 2.39. The van der Waals surface area contributed by atoms with Crippen molar-refractivity contribution in [2.45, 2.75) is 81.6 Å². The zero-order valence-corrected chi connectivity index (χ0v) is 16.0. The van der Waals surface area contributed by atoms with Crippen LogP contribution in [0.1, 0.15) is 81.6 Å². The quantitative estimate of drug-likeness (QED) is 0.688. The Morgan fingerprint density at radius 3 is 1.73 bits per heavy atom. The van der Waals surface area contributed by atoms with Crippen molar-refractivity contribution in [1.82, 2.24) is 0 Å². The maximum atomic E-state index is 12.9. The van der Waals surface area contributed by atoms with E-state index >= 15 is 0 Å². The van der Waals surface area contributed by atoms with Gasteiger partial charge in [-0.2, -0.15) is 0 Å². The molecule has 0 saturated heterocycles. The first kappa shape index (κ1) is 19.1. The van der Waals surface area contributed by atoms with Crippen molar-refractivity contribution < 1.29 is 9.59 Å². The minimum absolute atomic E-state index is 0.00704. The van der Waals surface area contributed by atoms with Crippen LogP contribution in [0.5, 0.6) is 0 Å². The number of Topliss-reactive ketones (excluding diaryl/α,β-unsaturated/α-hetero) is 2. The summed E-state index contributed by atoms with van der Waals surface area (Å²) in [6.45, 7) is 18.3. The summed E-state index contributed by atoms with van der Waals surface area (Å²) < 4.78 is 0. The van der Waals surface area contributed by atoms with Crippen molar-refractivity contribution in [3.63, 3.8) is 0 Å². The molecule has 0 amide bonds. The van der Waals surface area contributed by atoms with Crippen LogP contribution in [-0.2, 0) is 9.59 Å². The number of hydrogen-bond acceptors (Lipinski definition) is 2. The molecule has 1 aliphatic carbocycles. The molecule has 2 heteroatoms. The lowest BCUT2D eigenvalue weighted by Crippen LogP contribution is -2.35. The molecule has 22 heavy (non-hydrogen) atoms. The number of hydrogen-bond donors (Lipinski definition) is 0. The summed E-state index contributed by atoms with van der Waals surface area (Å²) in [6.07, 6.45) is 2.37. The molecule has 0 aromatic heterocycles. The molecule has 0 bridgehead atoms. The average Bonchev–Trinajstić information content (AvgIpc) is 2.32. The van der Waals surface area contributed by atoms with E-state index in [4.69, 9.17) is 0 Å². The second-order valence-corrected chi connectivity index (χ2v) is 9.84. The molecule has 2 nitrogen and oxygen atoms in total. The summed E-state index contributed by atoms with van der Waals surface area (Å²) in [5, 5.41) is 0. The Balaban J connectivity index is 3.25. The molecule has 0 radical (unpaired) electrons. The maximum Gasteiger partial charge on any atom is 0.164 e. The van der Waals surface area contributed by atoms with Gasteiger partial charge in [0.1, 0.15) is 5.78 Å². The fourth-order valence-electron chi connectivity index (χ4n) is 3.29. The predicted octanol–water partition coefficient (Wildman–Crippen LogP) is 5.36. The van der Waals surface area contributed by atoms with Crippen LogP contribution >= 0.6 is 0 Å². The summed E-state index contributed by atoms with van der Waals surface area (Å²) in [7, 11) is 0. The summed E-state index contributed by atoms with van der Waals surface area (Å²) in [5.74, 6) is 0.496. The van der Waals surface area contributed by atoms with Gasteiger partial charge in [-0.15, -0.1) is 0 Å². The van der Waals surface area contributed by atoms with Crippen LogP contribution < -0.4 is 0 Å². The molecule has 1 rings (SSSR count). The van der Waals surface area contributed by atoms with Gasteiger partial charge in [0.2, 0.25) is 0 Å². The van der Waals surface area contributed by atoms with Crippen LogP contribution in [-0.4, -0.2) is 11.6 Å². The fourth-order valence-corrected chi connectivity index (χ4v) is 3.29. The minimum atomic E-state index is -0.390. The maximum absolute atomic E-state index is 12.9. The molecule has 1 atom stereocenters. The summed E-state index contributed by atoms with van der Waals surface area (Å²) in [4.78, 5) is 25.6. The highest BCUT2D eigenvalue weighted by Crippen LogP contribution is 2.43. The van der Waals surface area contributed by atoms with Crippen LogP contribution in [0.15, 0.2) is 11.1 Å². The fraction of sp³-hybridized carbons (Fsp3) is 0.800. The first-order valence-corrected chi connectivity index (χ1v) is 8.47. The van der Waals surface area contributed by atoms with Crippen LogP contribution in [0.25, 0.3) is 0 Å². The molecule has 126 valence electrons. The van der Waals surface area contributed by atoms with E-state index in [9.17, 15) is 9.59 Å². The number of carbonyl (C=O) groups is 2. The summed E-state index contributed by atoms with van der Waals surface area (Å²) in [6, 6.07) is 0. The van der Waals surface area contributed by atoms with Gasteiger partial charge in [-0.25, -0.2) is 0 Å². The van der Waals surface area contributed by atoms with Crippen molar-refractivity contribution >= 4 is 11.6 Å². The van der Waals surface area contributed by atoms with E-state index in [1.165, 1.54) is 5.57 Å². The topological polar surface area (TPSA) is 34.1 Å².